The van der Waals surface area contributed by atoms with Crippen LogP contribution in [0, 0.1) is 15.0 Å². The lowest BCUT2D eigenvalue weighted by molar-refractivity contribution is -0.0932. The molecule has 16 nitrogen and oxygen atoms in total. The van der Waals surface area contributed by atoms with Gasteiger partial charge in [-0.15, -0.1) is 0 Å². The van der Waals surface area contributed by atoms with E-state index in [1.165, 1.54) is 0 Å². The maximum Gasteiger partial charge on any atom is 0.259 e. The van der Waals surface area contributed by atoms with Gasteiger partial charge in [-0.25, -0.2) is 9.35 Å². The number of ether oxygens (including phenoxy) is 4. The zero-order chi connectivity index (χ0) is 50.8. The first-order chi connectivity index (χ1) is 34.9. The van der Waals surface area contributed by atoms with Crippen molar-refractivity contribution in [2.24, 2.45) is 0 Å². The molecule has 0 bridgehead atoms. The number of fused-ring (bicyclic) bond motifs is 1. The molecule has 72 heavy (non-hydrogen) atoms. The van der Waals surface area contributed by atoms with Crippen LogP contribution in [0.15, 0.2) is 140 Å². The molecule has 1 aliphatic heterocycles. The summed E-state index contributed by atoms with van der Waals surface area (Å²) in [6.45, 7) is 8.49. The Bertz CT molecular complexity index is 2910. The van der Waals surface area contributed by atoms with Crippen LogP contribution < -0.4 is 20.1 Å². The van der Waals surface area contributed by atoms with E-state index in [0.717, 1.165) is 16.7 Å². The summed E-state index contributed by atoms with van der Waals surface area (Å²) in [4.78, 5) is 36.9. The lowest BCUT2D eigenvalue weighted by atomic mass is 9.80. The number of anilines is 2. The number of hydrogen-bond acceptors (Lipinski definition) is 13. The normalized spacial score (nSPS) is 16.2. The zero-order valence-corrected chi connectivity index (χ0v) is 43.8. The van der Waals surface area contributed by atoms with Crippen molar-refractivity contribution in [1.29, 1.82) is 5.26 Å². The standard InChI is InChI=1S/C54H56IN8O8P/c1-35(2)63(36(3)4)72(69-32-16-31-56)71-44-33-46(70-45(44)34-68-54(39-21-14-9-15-22-39,40-23-27-42(66-5)28-24-40)41-25-29-43(67-6)30-26-41)62-50-47(48(55)61-62)49(57-51(64)37-17-10-7-11-18-37)58-53(59-50)60-52(65)38-19-12-8-13-20-38/h7-15,17-30,35-36,44-46H,16,32-34H2,1-6H3,(H2,57,58,59,60,64,65)/t44-,45+,46+,72?/m0/s1. The molecule has 8 rings (SSSR count). The molecule has 1 saturated heterocycles. The highest BCUT2D eigenvalue weighted by molar-refractivity contribution is 14.1. The first-order valence-corrected chi connectivity index (χ1v) is 25.7. The molecule has 7 aromatic rings. The second kappa shape index (κ2) is 23.9. The van der Waals surface area contributed by atoms with Crippen molar-refractivity contribution in [1.82, 2.24) is 24.4 Å². The molecule has 1 fully saturated rings. The second-order valence-electron chi connectivity index (χ2n) is 17.3. The molecule has 0 radical (unpaired) electrons. The maximum atomic E-state index is 13.8. The van der Waals surface area contributed by atoms with Crippen LogP contribution in [0.3, 0.4) is 0 Å². The Morgan fingerprint density at radius 3 is 1.85 bits per heavy atom. The highest BCUT2D eigenvalue weighted by atomic mass is 127. The second-order valence-corrected chi connectivity index (χ2v) is 19.8. The molecule has 18 heteroatoms. The van der Waals surface area contributed by atoms with Gasteiger partial charge in [-0.3, -0.25) is 14.9 Å². The predicted molar refractivity (Wildman–Crippen MR) is 284 cm³/mol. The first kappa shape index (κ1) is 52.0. The van der Waals surface area contributed by atoms with E-state index >= 15 is 0 Å². The third-order valence-electron chi connectivity index (χ3n) is 12.0. The summed E-state index contributed by atoms with van der Waals surface area (Å²) in [6, 6.07) is 45.3. The van der Waals surface area contributed by atoms with E-state index in [4.69, 9.17) is 38.1 Å². The predicted octanol–water partition coefficient (Wildman–Crippen LogP) is 10.9. The van der Waals surface area contributed by atoms with Crippen LogP contribution in [0.1, 0.15) is 84.2 Å². The van der Waals surface area contributed by atoms with Crippen molar-refractivity contribution in [2.75, 3.05) is 38.1 Å². The third-order valence-corrected chi connectivity index (χ3v) is 14.9. The summed E-state index contributed by atoms with van der Waals surface area (Å²) in [7, 11) is 1.50. The Labute approximate surface area is 434 Å². The van der Waals surface area contributed by atoms with Crippen LogP contribution in [0.25, 0.3) is 11.0 Å². The van der Waals surface area contributed by atoms with Gasteiger partial charge in [-0.2, -0.15) is 20.3 Å². The van der Waals surface area contributed by atoms with Crippen LogP contribution >= 0.6 is 31.1 Å². The molecule has 3 heterocycles. The van der Waals surface area contributed by atoms with E-state index in [2.05, 4.69) is 76.6 Å². The molecule has 2 amide bonds. The first-order valence-electron chi connectivity index (χ1n) is 23.5. The molecule has 372 valence electrons. The molecular weight excluding hydrogens is 1050 g/mol. The number of carbonyl (C=O) groups excluding carboxylic acids is 2. The minimum Gasteiger partial charge on any atom is -0.497 e. The maximum absolute atomic E-state index is 13.8. The zero-order valence-electron chi connectivity index (χ0n) is 40.8. The number of carbonyl (C=O) groups is 2. The topological polar surface area (TPSA) is 184 Å². The Kier molecular flexibility index (Phi) is 17.3. The third kappa shape index (κ3) is 11.6. The molecule has 0 aliphatic carbocycles. The van der Waals surface area contributed by atoms with Crippen molar-refractivity contribution in [2.45, 2.75) is 76.7 Å². The van der Waals surface area contributed by atoms with E-state index < -0.39 is 44.4 Å². The van der Waals surface area contributed by atoms with Gasteiger partial charge >= 0.3 is 0 Å². The number of nitrogens with zero attached hydrogens (tertiary/aromatic N) is 6. The van der Waals surface area contributed by atoms with Crippen molar-refractivity contribution in [3.63, 3.8) is 0 Å². The summed E-state index contributed by atoms with van der Waals surface area (Å²) >= 11 is 2.10. The van der Waals surface area contributed by atoms with Gasteiger partial charge in [0.1, 0.15) is 26.9 Å². The van der Waals surface area contributed by atoms with Gasteiger partial charge in [0.25, 0.3) is 20.3 Å². The largest absolute Gasteiger partial charge is 0.497 e. The Morgan fingerprint density at radius 1 is 0.792 bits per heavy atom. The Hall–Kier alpha value is -6.36. The van der Waals surface area contributed by atoms with E-state index in [1.54, 1.807) is 67.4 Å². The summed E-state index contributed by atoms with van der Waals surface area (Å²) in [6.07, 6.45) is -1.83. The minimum atomic E-state index is -1.76. The average Bonchev–Trinajstić information content (AvgIpc) is 3.96. The SMILES string of the molecule is COc1ccc(C(OC[C@H]2O[C@@H](n3nc(I)c4c(NC(=O)c5ccccc5)nc(NC(=O)c5ccccc5)nc43)C[C@@H]2OP(OCCC#N)N(C(C)C)C(C)C)(c2ccccc2)c2ccc(OC)cc2)cc1. The number of aromatic nitrogens is 4. The number of halogens is 1. The molecule has 0 saturated carbocycles. The smallest absolute Gasteiger partial charge is 0.259 e. The van der Waals surface area contributed by atoms with Crippen LogP contribution in [0.4, 0.5) is 11.8 Å². The lowest BCUT2D eigenvalue weighted by Crippen LogP contribution is -2.39. The van der Waals surface area contributed by atoms with Crippen molar-refractivity contribution < 1.29 is 37.6 Å². The molecule has 0 spiro atoms. The van der Waals surface area contributed by atoms with Gasteiger partial charge in [0.15, 0.2) is 17.7 Å². The van der Waals surface area contributed by atoms with E-state index in [0.29, 0.717) is 37.4 Å². The fourth-order valence-corrected chi connectivity index (χ4v) is 11.2. The van der Waals surface area contributed by atoms with Crippen molar-refractivity contribution in [3.8, 4) is 17.6 Å². The van der Waals surface area contributed by atoms with E-state index in [9.17, 15) is 14.9 Å². The number of nitrogens with one attached hydrogen (secondary N) is 2. The highest BCUT2D eigenvalue weighted by Crippen LogP contribution is 2.51. The minimum absolute atomic E-state index is 0.000882. The summed E-state index contributed by atoms with van der Waals surface area (Å²) in [5.41, 5.74) is 2.42. The molecule has 4 atom stereocenters. The Morgan fingerprint density at radius 2 is 1.32 bits per heavy atom. The van der Waals surface area contributed by atoms with Gasteiger partial charge in [0.05, 0.1) is 51.4 Å². The molecular formula is C54H56IN8O8P. The summed E-state index contributed by atoms with van der Waals surface area (Å²) in [5.74, 6) is 0.594. The van der Waals surface area contributed by atoms with Gasteiger partial charge < -0.3 is 33.3 Å². The van der Waals surface area contributed by atoms with Crippen molar-refractivity contribution in [3.05, 3.63) is 171 Å². The van der Waals surface area contributed by atoms with E-state index in [-0.39, 0.29) is 49.9 Å². The van der Waals surface area contributed by atoms with Gasteiger partial charge in [-0.1, -0.05) is 91.0 Å². The molecule has 1 aliphatic rings. The highest BCUT2D eigenvalue weighted by Gasteiger charge is 2.46. The molecule has 2 N–H and O–H groups in total. The quantitative estimate of drug-likeness (QED) is 0.0300. The van der Waals surface area contributed by atoms with Crippen LogP contribution in [0.5, 0.6) is 11.5 Å². The van der Waals surface area contributed by atoms with Gasteiger partial charge in [-0.05, 0) is 116 Å². The molecule has 5 aromatic carbocycles. The summed E-state index contributed by atoms with van der Waals surface area (Å²) < 4.78 is 43.7. The van der Waals surface area contributed by atoms with Gasteiger partial charge in [0.2, 0.25) is 5.95 Å². The van der Waals surface area contributed by atoms with Crippen molar-refractivity contribution >= 4 is 65.7 Å². The number of nitriles is 1. The fraction of sp³-hybridized carbons (Fsp3) is 0.296. The number of amides is 2. The van der Waals surface area contributed by atoms with Gasteiger partial charge in [0, 0.05) is 29.6 Å². The van der Waals surface area contributed by atoms with Crippen LogP contribution in [0.2, 0.25) is 0 Å². The molecule has 2 aromatic heterocycles. The summed E-state index contributed by atoms with van der Waals surface area (Å²) in [5, 5.41) is 20.8. The average molecular weight is 1100 g/mol. The van der Waals surface area contributed by atoms with Crippen LogP contribution in [-0.4, -0.2) is 88.0 Å². The number of benzene rings is 5. The van der Waals surface area contributed by atoms with Crippen LogP contribution in [-0.2, 0) is 24.1 Å². The van der Waals surface area contributed by atoms with E-state index in [1.807, 2.05) is 91.0 Å². The fourth-order valence-electron chi connectivity index (χ4n) is 8.68. The lowest BCUT2D eigenvalue weighted by Gasteiger charge is -2.39. The number of hydrogen-bond donors (Lipinski definition) is 2. The molecule has 1 unspecified atom stereocenters. The Balaban J connectivity index is 1.24. The monoisotopic (exact) mass is 1100 g/mol. The number of rotatable bonds is 21. The number of methoxy groups -OCH3 is 2.